The van der Waals surface area contributed by atoms with E-state index in [0.29, 0.717) is 5.41 Å². The van der Waals surface area contributed by atoms with Crippen molar-refractivity contribution < 1.29 is 8.42 Å². The van der Waals surface area contributed by atoms with Crippen LogP contribution in [-0.4, -0.2) is 33.0 Å². The summed E-state index contributed by atoms with van der Waals surface area (Å²) < 4.78 is 22.4. The molecule has 1 saturated heterocycles. The van der Waals surface area contributed by atoms with Gasteiger partial charge in [-0.3, -0.25) is 0 Å². The maximum absolute atomic E-state index is 11.2. The minimum absolute atomic E-state index is 0.0487. The van der Waals surface area contributed by atoms with E-state index in [4.69, 9.17) is 0 Å². The van der Waals surface area contributed by atoms with Gasteiger partial charge >= 0.3 is 0 Å². The first-order valence-electron chi connectivity index (χ1n) is 4.92. The summed E-state index contributed by atoms with van der Waals surface area (Å²) in [5.41, 5.74) is 0.339. The number of piperidine rings is 1. The molecule has 0 atom stereocenters. The lowest BCUT2D eigenvalue weighted by Gasteiger charge is -2.49. The lowest BCUT2D eigenvalue weighted by Crippen LogP contribution is -2.52. The largest absolute Gasteiger partial charge is 0.316 e. The fourth-order valence-corrected chi connectivity index (χ4v) is 3.90. The molecule has 4 heteroatoms. The van der Waals surface area contributed by atoms with Crippen LogP contribution in [0.1, 0.15) is 25.7 Å². The smallest absolute Gasteiger partial charge is 0.150 e. The van der Waals surface area contributed by atoms with Gasteiger partial charge in [-0.05, 0) is 37.6 Å². The first-order chi connectivity index (χ1) is 6.02. The van der Waals surface area contributed by atoms with Crippen molar-refractivity contribution in [1.82, 2.24) is 5.32 Å². The average molecular weight is 203 g/mol. The Morgan fingerprint density at radius 2 is 2.08 bits per heavy atom. The van der Waals surface area contributed by atoms with Gasteiger partial charge in [0.1, 0.15) is 9.84 Å². The van der Waals surface area contributed by atoms with E-state index >= 15 is 0 Å². The third-order valence-electron chi connectivity index (χ3n) is 3.49. The Bertz CT molecular complexity index is 283. The molecule has 1 heterocycles. The van der Waals surface area contributed by atoms with Gasteiger partial charge in [0, 0.05) is 12.8 Å². The number of nitrogens with one attached hydrogen (secondary N) is 1. The molecule has 2 rings (SSSR count). The molecule has 0 radical (unpaired) electrons. The molecule has 1 aliphatic heterocycles. The standard InChI is InChI=1S/C9H17NO2S/c1-13(11,12)8-5-9(6-8)3-2-4-10-7-9/h8,10H,2-7H2,1H3. The van der Waals surface area contributed by atoms with Gasteiger partial charge in [-0.15, -0.1) is 0 Å². The summed E-state index contributed by atoms with van der Waals surface area (Å²) in [5.74, 6) is 0. The number of sulfone groups is 1. The number of rotatable bonds is 1. The Balaban J connectivity index is 1.96. The zero-order chi connectivity index (χ0) is 9.53. The molecule has 1 spiro atoms. The van der Waals surface area contributed by atoms with Crippen LogP contribution >= 0.6 is 0 Å². The number of hydrogen-bond donors (Lipinski definition) is 1. The minimum atomic E-state index is -2.77. The van der Waals surface area contributed by atoms with E-state index in [1.54, 1.807) is 0 Å². The van der Waals surface area contributed by atoms with Crippen LogP contribution < -0.4 is 5.32 Å². The molecule has 2 fully saturated rings. The highest BCUT2D eigenvalue weighted by atomic mass is 32.2. The Kier molecular flexibility index (Phi) is 2.15. The molecule has 2 aliphatic rings. The van der Waals surface area contributed by atoms with Crippen molar-refractivity contribution in [2.45, 2.75) is 30.9 Å². The van der Waals surface area contributed by atoms with Gasteiger partial charge in [0.05, 0.1) is 5.25 Å². The minimum Gasteiger partial charge on any atom is -0.316 e. The zero-order valence-corrected chi connectivity index (χ0v) is 8.86. The van der Waals surface area contributed by atoms with Crippen molar-refractivity contribution in [3.05, 3.63) is 0 Å². The Morgan fingerprint density at radius 3 is 2.54 bits per heavy atom. The van der Waals surface area contributed by atoms with Gasteiger partial charge in [-0.25, -0.2) is 8.42 Å². The van der Waals surface area contributed by atoms with Crippen LogP contribution in [0.15, 0.2) is 0 Å². The van der Waals surface area contributed by atoms with Gasteiger partial charge in [0.15, 0.2) is 0 Å². The van der Waals surface area contributed by atoms with Crippen molar-refractivity contribution in [2.75, 3.05) is 19.3 Å². The van der Waals surface area contributed by atoms with Crippen LogP contribution in [0, 0.1) is 5.41 Å². The van der Waals surface area contributed by atoms with Gasteiger partial charge in [0.25, 0.3) is 0 Å². The van der Waals surface area contributed by atoms with Crippen LogP contribution in [0.2, 0.25) is 0 Å². The van der Waals surface area contributed by atoms with Crippen LogP contribution in [0.25, 0.3) is 0 Å². The molecule has 76 valence electrons. The summed E-state index contributed by atoms with van der Waals surface area (Å²) in [7, 11) is -2.77. The second kappa shape index (κ2) is 2.95. The van der Waals surface area contributed by atoms with E-state index in [9.17, 15) is 8.42 Å². The molecule has 3 nitrogen and oxygen atoms in total. The molecule has 0 aromatic rings. The maximum atomic E-state index is 11.2. The molecular formula is C9H17NO2S. The summed E-state index contributed by atoms with van der Waals surface area (Å²) in [6.45, 7) is 2.13. The van der Waals surface area contributed by atoms with E-state index in [-0.39, 0.29) is 5.25 Å². The predicted molar refractivity (Wildman–Crippen MR) is 52.4 cm³/mol. The lowest BCUT2D eigenvalue weighted by atomic mass is 9.64. The predicted octanol–water partition coefficient (Wildman–Crippen LogP) is 0.563. The summed E-state index contributed by atoms with van der Waals surface area (Å²) >= 11 is 0. The van der Waals surface area contributed by atoms with Crippen LogP contribution in [0.3, 0.4) is 0 Å². The summed E-state index contributed by atoms with van der Waals surface area (Å²) in [5, 5.41) is 3.31. The molecule has 0 unspecified atom stereocenters. The van der Waals surface area contributed by atoms with Crippen molar-refractivity contribution in [3.63, 3.8) is 0 Å². The van der Waals surface area contributed by atoms with Crippen molar-refractivity contribution in [2.24, 2.45) is 5.41 Å². The van der Waals surface area contributed by atoms with E-state index < -0.39 is 9.84 Å². The Hall–Kier alpha value is -0.0900. The van der Waals surface area contributed by atoms with Gasteiger partial charge in [-0.1, -0.05) is 0 Å². The summed E-state index contributed by atoms with van der Waals surface area (Å²) in [4.78, 5) is 0. The Labute approximate surface area is 79.8 Å². The van der Waals surface area contributed by atoms with Gasteiger partial charge in [0.2, 0.25) is 0 Å². The third kappa shape index (κ3) is 1.74. The van der Waals surface area contributed by atoms with E-state index in [1.165, 1.54) is 19.1 Å². The molecule has 13 heavy (non-hydrogen) atoms. The second-order valence-corrected chi connectivity index (χ2v) is 6.97. The maximum Gasteiger partial charge on any atom is 0.150 e. The fourth-order valence-electron chi connectivity index (χ4n) is 2.59. The first-order valence-corrected chi connectivity index (χ1v) is 6.87. The molecule has 1 saturated carbocycles. The quantitative estimate of drug-likeness (QED) is 0.677. The van der Waals surface area contributed by atoms with Crippen LogP contribution in [0.5, 0.6) is 0 Å². The lowest BCUT2D eigenvalue weighted by molar-refractivity contribution is 0.0975. The van der Waals surface area contributed by atoms with E-state index in [1.807, 2.05) is 0 Å². The highest BCUT2D eigenvalue weighted by Gasteiger charge is 2.48. The number of hydrogen-bond acceptors (Lipinski definition) is 3. The molecular weight excluding hydrogens is 186 g/mol. The molecule has 1 aliphatic carbocycles. The SMILES string of the molecule is CS(=O)(=O)C1CC2(CCCNC2)C1. The topological polar surface area (TPSA) is 46.2 Å². The fraction of sp³-hybridized carbons (Fsp3) is 1.00. The second-order valence-electron chi connectivity index (χ2n) is 4.64. The van der Waals surface area contributed by atoms with Crippen LogP contribution in [-0.2, 0) is 9.84 Å². The van der Waals surface area contributed by atoms with Gasteiger partial charge in [-0.2, -0.15) is 0 Å². The molecule has 0 aromatic carbocycles. The van der Waals surface area contributed by atoms with Gasteiger partial charge < -0.3 is 5.32 Å². The van der Waals surface area contributed by atoms with Crippen LogP contribution in [0.4, 0.5) is 0 Å². The summed E-state index contributed by atoms with van der Waals surface area (Å²) in [6, 6.07) is 0. The highest BCUT2D eigenvalue weighted by Crippen LogP contribution is 2.48. The first kappa shape index (κ1) is 9.46. The normalized spacial score (nSPS) is 40.2. The van der Waals surface area contributed by atoms with Crippen molar-refractivity contribution in [3.8, 4) is 0 Å². The molecule has 1 N–H and O–H groups in total. The average Bonchev–Trinajstić information content (AvgIpc) is 2.00. The molecule has 0 amide bonds. The van der Waals surface area contributed by atoms with E-state index in [2.05, 4.69) is 5.32 Å². The van der Waals surface area contributed by atoms with E-state index in [0.717, 1.165) is 25.9 Å². The Morgan fingerprint density at radius 1 is 1.38 bits per heavy atom. The van der Waals surface area contributed by atoms with Crippen molar-refractivity contribution >= 4 is 9.84 Å². The molecule has 0 bridgehead atoms. The zero-order valence-electron chi connectivity index (χ0n) is 8.04. The highest BCUT2D eigenvalue weighted by molar-refractivity contribution is 7.91. The molecule has 0 aromatic heterocycles. The monoisotopic (exact) mass is 203 g/mol. The van der Waals surface area contributed by atoms with Crippen molar-refractivity contribution in [1.29, 1.82) is 0 Å². The third-order valence-corrected chi connectivity index (χ3v) is 5.03. The summed E-state index contributed by atoms with van der Waals surface area (Å²) in [6.07, 6.45) is 5.56.